The van der Waals surface area contributed by atoms with Crippen molar-refractivity contribution in [3.8, 4) is 5.75 Å². The van der Waals surface area contributed by atoms with Gasteiger partial charge in [-0.15, -0.1) is 0 Å². The molecule has 98 valence electrons. The summed E-state index contributed by atoms with van der Waals surface area (Å²) in [5, 5.41) is 9.27. The van der Waals surface area contributed by atoms with Crippen molar-refractivity contribution in [2.45, 2.75) is 33.3 Å². The van der Waals surface area contributed by atoms with Gasteiger partial charge >= 0.3 is 0 Å². The van der Waals surface area contributed by atoms with Gasteiger partial charge in [0.2, 0.25) is 0 Å². The van der Waals surface area contributed by atoms with Crippen molar-refractivity contribution in [2.75, 3.05) is 6.61 Å². The first-order valence-electron chi connectivity index (χ1n) is 6.55. The Labute approximate surface area is 109 Å². The Kier molecular flexibility index (Phi) is 4.37. The van der Waals surface area contributed by atoms with Gasteiger partial charge in [-0.3, -0.25) is 4.98 Å². The van der Waals surface area contributed by atoms with E-state index < -0.39 is 0 Å². The molecule has 3 heteroatoms. The fourth-order valence-electron chi connectivity index (χ4n) is 2.25. The molecule has 0 fully saturated rings. The van der Waals surface area contributed by atoms with Crippen LogP contribution in [0.5, 0.6) is 5.75 Å². The highest BCUT2D eigenvalue weighted by Gasteiger charge is 2.19. The molecule has 0 spiro atoms. The fraction of sp³-hybridized carbons (Fsp3) is 0.533. The number of aliphatic hydroxyl groups excluding tert-OH is 1. The third-order valence-electron chi connectivity index (χ3n) is 3.62. The van der Waals surface area contributed by atoms with Crippen LogP contribution >= 0.6 is 0 Å². The zero-order chi connectivity index (χ0) is 13.0. The van der Waals surface area contributed by atoms with Gasteiger partial charge in [0.05, 0.1) is 13.2 Å². The number of hydrogen-bond donors (Lipinski definition) is 1. The summed E-state index contributed by atoms with van der Waals surface area (Å²) in [7, 11) is 0. The number of ether oxygens (including phenoxy) is 1. The van der Waals surface area contributed by atoms with Crippen LogP contribution in [0.1, 0.15) is 31.0 Å². The van der Waals surface area contributed by atoms with Crippen molar-refractivity contribution in [1.29, 1.82) is 0 Å². The molecule has 1 aromatic rings. The molecule has 0 bridgehead atoms. The second-order valence-corrected chi connectivity index (χ2v) is 5.08. The smallest absolute Gasteiger partial charge is 0.128 e. The molecule has 0 saturated heterocycles. The van der Waals surface area contributed by atoms with E-state index >= 15 is 0 Å². The number of nitrogens with zero attached hydrogens (tertiary/aromatic N) is 1. The molecule has 0 aromatic carbocycles. The lowest BCUT2D eigenvalue weighted by molar-refractivity contribution is 0.191. The van der Waals surface area contributed by atoms with Crippen LogP contribution in [0.4, 0.5) is 0 Å². The minimum absolute atomic E-state index is 0.0251. The lowest BCUT2D eigenvalue weighted by Gasteiger charge is -2.25. The number of aromatic nitrogens is 1. The molecule has 0 aliphatic heterocycles. The summed E-state index contributed by atoms with van der Waals surface area (Å²) in [5.74, 6) is 2.00. The van der Waals surface area contributed by atoms with Crippen LogP contribution in [0, 0.1) is 18.8 Å². The lowest BCUT2D eigenvalue weighted by atomic mass is 9.85. The maximum atomic E-state index is 9.27. The van der Waals surface area contributed by atoms with Crippen molar-refractivity contribution in [2.24, 2.45) is 11.8 Å². The molecule has 2 unspecified atom stereocenters. The van der Waals surface area contributed by atoms with Gasteiger partial charge < -0.3 is 9.84 Å². The number of allylic oxidation sites excluding steroid dienone is 2. The van der Waals surface area contributed by atoms with E-state index in [4.69, 9.17) is 4.74 Å². The van der Waals surface area contributed by atoms with Crippen LogP contribution in [0.2, 0.25) is 0 Å². The molecule has 1 aliphatic rings. The summed E-state index contributed by atoms with van der Waals surface area (Å²) in [6.07, 6.45) is 8.39. The van der Waals surface area contributed by atoms with Gasteiger partial charge in [0.1, 0.15) is 5.75 Å². The summed E-state index contributed by atoms with van der Waals surface area (Å²) in [4.78, 5) is 4.17. The van der Waals surface area contributed by atoms with E-state index in [1.165, 1.54) is 0 Å². The molecule has 0 radical (unpaired) electrons. The Hall–Kier alpha value is -1.35. The first kappa shape index (κ1) is 13.1. The average molecular weight is 247 g/mol. The number of hydrogen-bond acceptors (Lipinski definition) is 3. The van der Waals surface area contributed by atoms with Gasteiger partial charge in [-0.05, 0) is 31.6 Å². The number of aryl methyl sites for hydroxylation is 1. The highest BCUT2D eigenvalue weighted by Crippen LogP contribution is 2.27. The Balaban J connectivity index is 2.01. The van der Waals surface area contributed by atoms with Gasteiger partial charge in [0.25, 0.3) is 0 Å². The fourth-order valence-corrected chi connectivity index (χ4v) is 2.25. The Morgan fingerprint density at radius 3 is 2.89 bits per heavy atom. The largest absolute Gasteiger partial charge is 0.493 e. The van der Waals surface area contributed by atoms with E-state index in [9.17, 15) is 5.11 Å². The molecular weight excluding hydrogens is 226 g/mol. The third-order valence-corrected chi connectivity index (χ3v) is 3.62. The molecule has 1 N–H and O–H groups in total. The Bertz CT molecular complexity index is 429. The molecule has 1 heterocycles. The van der Waals surface area contributed by atoms with Crippen LogP contribution in [0.15, 0.2) is 24.4 Å². The first-order valence-corrected chi connectivity index (χ1v) is 6.55. The first-order chi connectivity index (χ1) is 8.70. The maximum absolute atomic E-state index is 9.27. The quantitative estimate of drug-likeness (QED) is 0.832. The van der Waals surface area contributed by atoms with E-state index in [0.717, 1.165) is 29.8 Å². The van der Waals surface area contributed by atoms with Gasteiger partial charge in [0, 0.05) is 23.5 Å². The molecule has 2 rings (SSSR count). The van der Waals surface area contributed by atoms with Crippen molar-refractivity contribution in [3.63, 3.8) is 0 Å². The monoisotopic (exact) mass is 247 g/mol. The van der Waals surface area contributed by atoms with Crippen LogP contribution in [0.3, 0.4) is 0 Å². The van der Waals surface area contributed by atoms with E-state index in [-0.39, 0.29) is 6.61 Å². The topological polar surface area (TPSA) is 42.4 Å². The molecule has 0 amide bonds. The molecule has 18 heavy (non-hydrogen) atoms. The third kappa shape index (κ3) is 3.10. The number of rotatable bonds is 4. The van der Waals surface area contributed by atoms with Gasteiger partial charge in [-0.2, -0.15) is 0 Å². The molecule has 1 aliphatic carbocycles. The molecule has 3 nitrogen and oxygen atoms in total. The van der Waals surface area contributed by atoms with Crippen molar-refractivity contribution in [3.05, 3.63) is 35.7 Å². The molecule has 1 aromatic heterocycles. The summed E-state index contributed by atoms with van der Waals surface area (Å²) >= 11 is 0. The maximum Gasteiger partial charge on any atom is 0.128 e. The van der Waals surface area contributed by atoms with Crippen molar-refractivity contribution in [1.82, 2.24) is 4.98 Å². The second kappa shape index (κ2) is 6.01. The Morgan fingerprint density at radius 1 is 1.39 bits per heavy atom. The van der Waals surface area contributed by atoms with Crippen LogP contribution in [-0.4, -0.2) is 16.7 Å². The predicted molar refractivity (Wildman–Crippen MR) is 71.4 cm³/mol. The van der Waals surface area contributed by atoms with Crippen LogP contribution in [-0.2, 0) is 6.61 Å². The van der Waals surface area contributed by atoms with Crippen molar-refractivity contribution < 1.29 is 9.84 Å². The van der Waals surface area contributed by atoms with Gasteiger partial charge in [-0.25, -0.2) is 0 Å². The summed E-state index contributed by atoms with van der Waals surface area (Å²) < 4.78 is 5.88. The van der Waals surface area contributed by atoms with E-state index in [2.05, 4.69) is 24.1 Å². The highest BCUT2D eigenvalue weighted by molar-refractivity contribution is 5.32. The van der Waals surface area contributed by atoms with Gasteiger partial charge in [0.15, 0.2) is 0 Å². The second-order valence-electron chi connectivity index (χ2n) is 5.08. The normalized spacial score (nSPS) is 23.1. The minimum Gasteiger partial charge on any atom is -0.493 e. The molecule has 2 atom stereocenters. The van der Waals surface area contributed by atoms with Gasteiger partial charge in [-0.1, -0.05) is 19.1 Å². The number of aliphatic hydroxyl groups is 1. The molecule has 0 saturated carbocycles. The SMILES string of the molecule is Cc1cc(OCC2CC=CCC2C)c(CO)cn1. The summed E-state index contributed by atoms with van der Waals surface area (Å²) in [5.41, 5.74) is 1.68. The van der Waals surface area contributed by atoms with E-state index in [1.807, 2.05) is 13.0 Å². The zero-order valence-electron chi connectivity index (χ0n) is 11.1. The molecular formula is C15H21NO2. The highest BCUT2D eigenvalue weighted by atomic mass is 16.5. The summed E-state index contributed by atoms with van der Waals surface area (Å²) in [6, 6.07) is 1.90. The number of pyridine rings is 1. The zero-order valence-corrected chi connectivity index (χ0v) is 11.1. The van der Waals surface area contributed by atoms with Crippen LogP contribution in [0.25, 0.3) is 0 Å². The van der Waals surface area contributed by atoms with E-state index in [0.29, 0.717) is 18.4 Å². The standard InChI is InChI=1S/C15H21NO2/c1-11-5-3-4-6-13(11)10-18-15-7-12(2)16-8-14(15)9-17/h3-4,7-8,11,13,17H,5-6,9-10H2,1-2H3. The predicted octanol–water partition coefficient (Wildman–Crippen LogP) is 2.86. The van der Waals surface area contributed by atoms with Crippen LogP contribution < -0.4 is 4.74 Å². The summed E-state index contributed by atoms with van der Waals surface area (Å²) in [6.45, 7) is 4.88. The average Bonchev–Trinajstić information content (AvgIpc) is 2.38. The minimum atomic E-state index is -0.0251. The van der Waals surface area contributed by atoms with Crippen molar-refractivity contribution >= 4 is 0 Å². The Morgan fingerprint density at radius 2 is 2.17 bits per heavy atom. The van der Waals surface area contributed by atoms with E-state index in [1.54, 1.807) is 6.20 Å². The lowest BCUT2D eigenvalue weighted by Crippen LogP contribution is -2.21.